The summed E-state index contributed by atoms with van der Waals surface area (Å²) in [5, 5.41) is 15.9. The summed E-state index contributed by atoms with van der Waals surface area (Å²) in [4.78, 5) is 4.42. The number of nitrogens with one attached hydrogen (secondary N) is 2. The van der Waals surface area contributed by atoms with Crippen LogP contribution in [0.25, 0.3) is 11.1 Å². The van der Waals surface area contributed by atoms with Gasteiger partial charge in [0.25, 0.3) is 0 Å². The molecule has 8 heteroatoms. The highest BCUT2D eigenvalue weighted by Gasteiger charge is 2.30. The second-order valence-corrected chi connectivity index (χ2v) is 8.72. The molecule has 2 bridgehead atoms. The van der Waals surface area contributed by atoms with E-state index in [9.17, 15) is 4.39 Å². The Morgan fingerprint density at radius 2 is 2.12 bits per heavy atom. The number of pyridine rings is 1. The molecule has 1 atom stereocenters. The molecular formula is C25H27FN6O. The second kappa shape index (κ2) is 8.35. The molecule has 0 unspecified atom stereocenters. The third-order valence-corrected chi connectivity index (χ3v) is 6.52. The third kappa shape index (κ3) is 3.86. The minimum atomic E-state index is -0.484. The number of ether oxygens (including phenoxy) is 1. The summed E-state index contributed by atoms with van der Waals surface area (Å²) in [6, 6.07) is 6.46. The first-order chi connectivity index (χ1) is 15.9. The van der Waals surface area contributed by atoms with Gasteiger partial charge in [-0.05, 0) is 50.1 Å². The Labute approximate surface area is 192 Å². The molecule has 0 saturated heterocycles. The summed E-state index contributed by atoms with van der Waals surface area (Å²) in [6.45, 7) is 1.85. The molecule has 170 valence electrons. The van der Waals surface area contributed by atoms with Crippen molar-refractivity contribution in [3.8, 4) is 16.9 Å². The Morgan fingerprint density at radius 1 is 1.30 bits per heavy atom. The molecule has 0 spiro atoms. The average molecular weight is 447 g/mol. The van der Waals surface area contributed by atoms with Crippen LogP contribution in [0.3, 0.4) is 0 Å². The first kappa shape index (κ1) is 21.2. The summed E-state index contributed by atoms with van der Waals surface area (Å²) < 4.78 is 22.3. The van der Waals surface area contributed by atoms with Crippen LogP contribution in [-0.2, 0) is 13.5 Å². The van der Waals surface area contributed by atoms with E-state index in [1.165, 1.54) is 30.5 Å². The summed E-state index contributed by atoms with van der Waals surface area (Å²) in [5.74, 6) is 0.841. The molecule has 1 saturated carbocycles. The number of aryl methyl sites for hydroxylation is 1. The fourth-order valence-corrected chi connectivity index (χ4v) is 4.71. The number of nitrogen functional groups attached to an aromatic ring is 1. The van der Waals surface area contributed by atoms with Crippen LogP contribution in [0.1, 0.15) is 55.2 Å². The summed E-state index contributed by atoms with van der Waals surface area (Å²) in [7, 11) is 1.98. The Morgan fingerprint density at radius 3 is 2.85 bits per heavy atom. The minimum Gasteiger partial charge on any atom is -0.482 e. The van der Waals surface area contributed by atoms with E-state index in [0.29, 0.717) is 29.3 Å². The lowest BCUT2D eigenvalue weighted by atomic mass is 9.80. The highest BCUT2D eigenvalue weighted by atomic mass is 19.1. The van der Waals surface area contributed by atoms with Crippen molar-refractivity contribution >= 4 is 17.7 Å². The maximum Gasteiger partial charge on any atom is 0.166 e. The lowest BCUT2D eigenvalue weighted by molar-refractivity contribution is 0.228. The van der Waals surface area contributed by atoms with Gasteiger partial charge in [-0.1, -0.05) is 6.42 Å². The molecule has 2 aliphatic rings. The molecule has 0 amide bonds. The van der Waals surface area contributed by atoms with E-state index in [4.69, 9.17) is 21.0 Å². The van der Waals surface area contributed by atoms with E-state index < -0.39 is 6.10 Å². The van der Waals surface area contributed by atoms with Crippen molar-refractivity contribution in [1.82, 2.24) is 14.8 Å². The van der Waals surface area contributed by atoms with E-state index in [-0.39, 0.29) is 11.6 Å². The van der Waals surface area contributed by atoms with Crippen molar-refractivity contribution < 1.29 is 9.13 Å². The standard InChI is InChI=1S/C25H27FN6O/c1-14-19-11-17(26)6-7-20(19)30-18(8-9-27)12-21-23(16-10-22(33-14)25(28)29-13-16)24(32(2)31-21)15-4-3-5-15/h6-11,13-15,27,30H,3-5,12H2,1-2H3,(H2,28,29)/b18-8-,27-9?/t14-/m1/s1. The molecule has 1 aliphatic carbocycles. The number of benzene rings is 1. The normalized spacial score (nSPS) is 19.2. The van der Waals surface area contributed by atoms with Crippen LogP contribution in [0.4, 0.5) is 15.9 Å². The molecular weight excluding hydrogens is 419 g/mol. The van der Waals surface area contributed by atoms with Crippen LogP contribution >= 0.6 is 0 Å². The van der Waals surface area contributed by atoms with E-state index in [0.717, 1.165) is 35.4 Å². The van der Waals surface area contributed by atoms with Crippen LogP contribution in [0.5, 0.6) is 5.75 Å². The molecule has 3 heterocycles. The maximum absolute atomic E-state index is 14.1. The van der Waals surface area contributed by atoms with Crippen molar-refractivity contribution in [1.29, 1.82) is 5.41 Å². The summed E-state index contributed by atoms with van der Waals surface area (Å²) in [6.07, 6.45) is 8.20. The molecule has 2 aromatic heterocycles. The van der Waals surface area contributed by atoms with Gasteiger partial charge in [-0.15, -0.1) is 0 Å². The molecule has 3 aromatic rings. The van der Waals surface area contributed by atoms with Crippen molar-refractivity contribution in [3.63, 3.8) is 0 Å². The molecule has 1 fully saturated rings. The van der Waals surface area contributed by atoms with Gasteiger partial charge in [0.05, 0.1) is 5.69 Å². The Hall–Kier alpha value is -3.68. The molecule has 4 N–H and O–H groups in total. The highest BCUT2D eigenvalue weighted by molar-refractivity contribution is 5.75. The van der Waals surface area contributed by atoms with Gasteiger partial charge in [0.1, 0.15) is 11.9 Å². The topological polar surface area (TPSA) is 102 Å². The van der Waals surface area contributed by atoms with Crippen molar-refractivity contribution in [2.24, 2.45) is 7.05 Å². The Bertz CT molecular complexity index is 1260. The van der Waals surface area contributed by atoms with Gasteiger partial charge in [-0.2, -0.15) is 5.10 Å². The lowest BCUT2D eigenvalue weighted by Crippen LogP contribution is -2.14. The van der Waals surface area contributed by atoms with Gasteiger partial charge < -0.3 is 21.2 Å². The molecule has 7 nitrogen and oxygen atoms in total. The number of aromatic nitrogens is 3. The van der Waals surface area contributed by atoms with E-state index in [1.54, 1.807) is 18.3 Å². The van der Waals surface area contributed by atoms with Crippen molar-refractivity contribution in [3.05, 3.63) is 65.0 Å². The van der Waals surface area contributed by atoms with Gasteiger partial charge in [0, 0.05) is 65.6 Å². The maximum atomic E-state index is 14.1. The van der Waals surface area contributed by atoms with E-state index in [1.807, 2.05) is 24.7 Å². The fraction of sp³-hybridized carbons (Fsp3) is 0.320. The quantitative estimate of drug-likeness (QED) is 0.475. The van der Waals surface area contributed by atoms with E-state index in [2.05, 4.69) is 10.3 Å². The molecule has 33 heavy (non-hydrogen) atoms. The Balaban J connectivity index is 1.73. The monoisotopic (exact) mass is 446 g/mol. The molecule has 0 radical (unpaired) electrons. The number of rotatable bonds is 2. The van der Waals surface area contributed by atoms with Gasteiger partial charge in [-0.3, -0.25) is 4.68 Å². The smallest absolute Gasteiger partial charge is 0.166 e. The number of nitrogens with two attached hydrogens (primary N) is 1. The van der Waals surface area contributed by atoms with Crippen LogP contribution in [0.2, 0.25) is 0 Å². The fourth-order valence-electron chi connectivity index (χ4n) is 4.71. The van der Waals surface area contributed by atoms with Crippen LogP contribution < -0.4 is 15.8 Å². The first-order valence-electron chi connectivity index (χ1n) is 11.2. The zero-order valence-electron chi connectivity index (χ0n) is 18.7. The third-order valence-electron chi connectivity index (χ3n) is 6.52. The Kier molecular flexibility index (Phi) is 5.36. The lowest BCUT2D eigenvalue weighted by Gasteiger charge is -2.27. The van der Waals surface area contributed by atoms with Crippen LogP contribution in [-0.4, -0.2) is 21.0 Å². The first-order valence-corrected chi connectivity index (χ1v) is 11.2. The zero-order chi connectivity index (χ0) is 23.1. The second-order valence-electron chi connectivity index (χ2n) is 8.72. The number of halogens is 1. The molecule has 5 rings (SSSR count). The average Bonchev–Trinajstić information content (AvgIpc) is 3.04. The van der Waals surface area contributed by atoms with Gasteiger partial charge in [0.15, 0.2) is 11.6 Å². The van der Waals surface area contributed by atoms with Crippen LogP contribution in [0, 0.1) is 11.2 Å². The number of nitrogens with zero attached hydrogens (tertiary/aromatic N) is 3. The predicted molar refractivity (Wildman–Crippen MR) is 127 cm³/mol. The number of fused-ring (bicyclic) bond motifs is 5. The van der Waals surface area contributed by atoms with Crippen molar-refractivity contribution in [2.45, 2.75) is 44.6 Å². The number of hydrogen-bond acceptors (Lipinski definition) is 6. The van der Waals surface area contributed by atoms with Gasteiger partial charge >= 0.3 is 0 Å². The highest BCUT2D eigenvalue weighted by Crippen LogP contribution is 2.44. The largest absolute Gasteiger partial charge is 0.482 e. The summed E-state index contributed by atoms with van der Waals surface area (Å²) >= 11 is 0. The summed E-state index contributed by atoms with van der Waals surface area (Å²) in [5.41, 5.74) is 12.3. The van der Waals surface area contributed by atoms with E-state index >= 15 is 0 Å². The number of hydrogen-bond donors (Lipinski definition) is 3. The van der Waals surface area contributed by atoms with Crippen LogP contribution in [0.15, 0.2) is 42.2 Å². The predicted octanol–water partition coefficient (Wildman–Crippen LogP) is 5.11. The van der Waals surface area contributed by atoms with Crippen molar-refractivity contribution in [2.75, 3.05) is 11.1 Å². The van der Waals surface area contributed by atoms with Gasteiger partial charge in [-0.25, -0.2) is 9.37 Å². The number of allylic oxidation sites excluding steroid dienone is 2. The number of anilines is 2. The van der Waals surface area contributed by atoms with Gasteiger partial charge in [0.2, 0.25) is 0 Å². The SMILES string of the molecule is C[C@H]1Oc2cc(cnc2N)-c2c(nn(C)c2C2CCC2)C/C(=C/C=N)Nc2ccc(F)cc21. The molecule has 1 aromatic carbocycles. The molecule has 1 aliphatic heterocycles. The minimum absolute atomic E-state index is 0.286. The zero-order valence-corrected chi connectivity index (χ0v) is 18.7.